The lowest BCUT2D eigenvalue weighted by atomic mass is 9.67. The maximum atomic E-state index is 2.49. The highest BCUT2D eigenvalue weighted by Gasteiger charge is 2.46. The molecular weight excluding hydrogens is 833 g/mol. The van der Waals surface area contributed by atoms with E-state index < -0.39 is 5.41 Å². The van der Waals surface area contributed by atoms with Gasteiger partial charge in [-0.1, -0.05) is 205 Å². The van der Waals surface area contributed by atoms with Gasteiger partial charge in [0.15, 0.2) is 0 Å². The van der Waals surface area contributed by atoms with Gasteiger partial charge in [0.05, 0.1) is 16.4 Å². The van der Waals surface area contributed by atoms with Crippen LogP contribution < -0.4 is 4.90 Å². The summed E-state index contributed by atoms with van der Waals surface area (Å²) >= 11 is 0. The van der Waals surface area contributed by atoms with Crippen molar-refractivity contribution in [2.75, 3.05) is 4.90 Å². The predicted octanol–water partition coefficient (Wildman–Crippen LogP) is 18.0. The van der Waals surface area contributed by atoms with Gasteiger partial charge in [-0.15, -0.1) is 0 Å². The van der Waals surface area contributed by atoms with E-state index in [1.54, 1.807) is 0 Å². The molecule has 10 aromatic carbocycles. The number of rotatable bonds is 7. The second-order valence-electron chi connectivity index (χ2n) is 21.0. The van der Waals surface area contributed by atoms with Crippen LogP contribution in [-0.4, -0.2) is 4.57 Å². The first-order valence-corrected chi connectivity index (χ1v) is 24.4. The number of aromatic nitrogens is 1. The quantitative estimate of drug-likeness (QED) is 0.155. The van der Waals surface area contributed by atoms with Crippen molar-refractivity contribution < 1.29 is 0 Å². The van der Waals surface area contributed by atoms with E-state index in [9.17, 15) is 0 Å². The number of para-hydroxylation sites is 1. The summed E-state index contributed by atoms with van der Waals surface area (Å²) in [6.45, 7) is 13.6. The molecule has 0 unspecified atom stereocenters. The molecule has 334 valence electrons. The maximum Gasteiger partial charge on any atom is 0.0714 e. The smallest absolute Gasteiger partial charge is 0.0714 e. The van der Waals surface area contributed by atoms with E-state index in [1.807, 2.05) is 0 Å². The van der Waals surface area contributed by atoms with Crippen LogP contribution in [0.15, 0.2) is 231 Å². The molecule has 1 aliphatic rings. The molecule has 1 heterocycles. The summed E-state index contributed by atoms with van der Waals surface area (Å²) in [6, 6.07) is 86.3. The van der Waals surface area contributed by atoms with Crippen molar-refractivity contribution >= 4 is 49.6 Å². The van der Waals surface area contributed by atoms with E-state index in [-0.39, 0.29) is 10.8 Å². The van der Waals surface area contributed by atoms with E-state index in [0.29, 0.717) is 0 Å². The fourth-order valence-electron chi connectivity index (χ4n) is 11.2. The lowest BCUT2D eigenvalue weighted by Gasteiger charge is -2.34. The summed E-state index contributed by atoms with van der Waals surface area (Å²) in [4.78, 5) is 2.39. The summed E-state index contributed by atoms with van der Waals surface area (Å²) in [5, 5.41) is 4.90. The van der Waals surface area contributed by atoms with Crippen LogP contribution in [0.4, 0.5) is 17.1 Å². The van der Waals surface area contributed by atoms with Gasteiger partial charge in [-0.2, -0.15) is 0 Å². The molecule has 0 aliphatic heterocycles. The molecule has 0 fully saturated rings. The first-order chi connectivity index (χ1) is 33.5. The van der Waals surface area contributed by atoms with Gasteiger partial charge in [0.25, 0.3) is 0 Å². The van der Waals surface area contributed by atoms with Gasteiger partial charge in [-0.05, 0) is 144 Å². The normalized spacial score (nSPS) is 13.2. The number of anilines is 3. The van der Waals surface area contributed by atoms with Crippen LogP contribution in [0.1, 0.15) is 74.9 Å². The molecule has 2 nitrogen and oxygen atoms in total. The zero-order valence-electron chi connectivity index (χ0n) is 40.3. The Labute approximate surface area is 406 Å². The standard InChI is InChI=1S/C67H56N2/c1-65(2,3)49-29-34-53(35-30-49)68(54-36-31-50(32-37-54)66(4,5)6)55-33-27-46-41-45(25-26-47(46)42-55)48-28-39-60-59-22-14-16-24-63(59)69(64(60)43-48)56-38-40-58-57-21-13-15-23-61(57)67(62(58)44-56,51-17-9-7-10-18-51)52-19-11-8-12-20-52/h7-44H,1-6H3. The lowest BCUT2D eigenvalue weighted by Crippen LogP contribution is -2.28. The first kappa shape index (κ1) is 42.4. The van der Waals surface area contributed by atoms with Crippen molar-refractivity contribution in [3.05, 3.63) is 264 Å². The van der Waals surface area contributed by atoms with Crippen molar-refractivity contribution in [2.24, 2.45) is 0 Å². The van der Waals surface area contributed by atoms with Gasteiger partial charge in [-0.25, -0.2) is 0 Å². The van der Waals surface area contributed by atoms with E-state index in [2.05, 4.69) is 282 Å². The monoisotopic (exact) mass is 888 g/mol. The third kappa shape index (κ3) is 7.00. The molecule has 0 saturated carbocycles. The van der Waals surface area contributed by atoms with Crippen LogP contribution in [0.5, 0.6) is 0 Å². The van der Waals surface area contributed by atoms with E-state index >= 15 is 0 Å². The Kier molecular flexibility index (Phi) is 9.90. The van der Waals surface area contributed by atoms with Crippen LogP contribution in [-0.2, 0) is 16.2 Å². The van der Waals surface area contributed by atoms with Crippen molar-refractivity contribution in [1.82, 2.24) is 4.57 Å². The number of hydrogen-bond donors (Lipinski definition) is 0. The second-order valence-corrected chi connectivity index (χ2v) is 21.0. The van der Waals surface area contributed by atoms with E-state index in [4.69, 9.17) is 0 Å². The molecule has 0 atom stereocenters. The summed E-state index contributed by atoms with van der Waals surface area (Å²) in [5.74, 6) is 0. The van der Waals surface area contributed by atoms with Crippen molar-refractivity contribution in [3.8, 4) is 27.9 Å². The molecule has 0 bridgehead atoms. The molecular formula is C67H56N2. The van der Waals surface area contributed by atoms with Gasteiger partial charge in [-0.3, -0.25) is 0 Å². The summed E-state index contributed by atoms with van der Waals surface area (Å²) in [5.41, 5.74) is 19.4. The van der Waals surface area contributed by atoms with Crippen LogP contribution in [0.25, 0.3) is 60.5 Å². The fourth-order valence-corrected chi connectivity index (χ4v) is 11.2. The molecule has 69 heavy (non-hydrogen) atoms. The Morgan fingerprint density at radius 2 is 0.870 bits per heavy atom. The number of fused-ring (bicyclic) bond motifs is 7. The first-order valence-electron chi connectivity index (χ1n) is 24.4. The summed E-state index contributed by atoms with van der Waals surface area (Å²) < 4.78 is 2.49. The van der Waals surface area contributed by atoms with Gasteiger partial charge in [0, 0.05) is 33.5 Å². The highest BCUT2D eigenvalue weighted by Crippen LogP contribution is 2.56. The van der Waals surface area contributed by atoms with Crippen LogP contribution >= 0.6 is 0 Å². The molecule has 11 aromatic rings. The second kappa shape index (κ2) is 16.1. The average molecular weight is 889 g/mol. The molecule has 1 aromatic heterocycles. The Hall–Kier alpha value is -7.94. The Morgan fingerprint density at radius 3 is 1.52 bits per heavy atom. The number of nitrogens with zero attached hydrogens (tertiary/aromatic N) is 2. The highest BCUT2D eigenvalue weighted by molar-refractivity contribution is 6.10. The minimum absolute atomic E-state index is 0.0758. The highest BCUT2D eigenvalue weighted by atomic mass is 15.1. The summed E-state index contributed by atoms with van der Waals surface area (Å²) in [6.07, 6.45) is 0. The van der Waals surface area contributed by atoms with Crippen LogP contribution in [0.3, 0.4) is 0 Å². The van der Waals surface area contributed by atoms with E-state index in [1.165, 1.54) is 88.2 Å². The molecule has 1 aliphatic carbocycles. The number of benzene rings is 10. The Morgan fingerprint density at radius 1 is 0.362 bits per heavy atom. The van der Waals surface area contributed by atoms with Crippen molar-refractivity contribution in [3.63, 3.8) is 0 Å². The minimum Gasteiger partial charge on any atom is -0.310 e. The average Bonchev–Trinajstić information content (AvgIpc) is 3.86. The van der Waals surface area contributed by atoms with Crippen LogP contribution in [0, 0.1) is 0 Å². The maximum absolute atomic E-state index is 2.49. The van der Waals surface area contributed by atoms with Crippen molar-refractivity contribution in [2.45, 2.75) is 57.8 Å². The molecule has 0 saturated heterocycles. The summed E-state index contributed by atoms with van der Waals surface area (Å²) in [7, 11) is 0. The Bertz CT molecular complexity index is 3620. The largest absolute Gasteiger partial charge is 0.310 e. The SMILES string of the molecule is CC(C)(C)c1ccc(N(c2ccc(C(C)(C)C)cc2)c2ccc3cc(-c4ccc5c6ccccc6n(-c6ccc7c(c6)C(c6ccccc6)(c6ccccc6)c6ccccc6-7)c5c4)ccc3c2)cc1. The molecule has 0 N–H and O–H groups in total. The van der Waals surface area contributed by atoms with Gasteiger partial charge in [0.2, 0.25) is 0 Å². The third-order valence-corrected chi connectivity index (χ3v) is 14.8. The van der Waals surface area contributed by atoms with E-state index in [0.717, 1.165) is 22.7 Å². The molecule has 12 rings (SSSR count). The van der Waals surface area contributed by atoms with Crippen LogP contribution in [0.2, 0.25) is 0 Å². The topological polar surface area (TPSA) is 8.17 Å². The fraction of sp³-hybridized carbons (Fsp3) is 0.134. The Balaban J connectivity index is 0.976. The lowest BCUT2D eigenvalue weighted by molar-refractivity contribution is 0.590. The van der Waals surface area contributed by atoms with Gasteiger partial charge in [0.1, 0.15) is 0 Å². The molecule has 0 spiro atoms. The van der Waals surface area contributed by atoms with Gasteiger partial charge >= 0.3 is 0 Å². The zero-order valence-corrected chi connectivity index (χ0v) is 40.3. The molecule has 0 amide bonds. The van der Waals surface area contributed by atoms with Gasteiger partial charge < -0.3 is 9.47 Å². The zero-order chi connectivity index (χ0) is 47.1. The molecule has 2 heteroatoms. The minimum atomic E-state index is -0.482. The van der Waals surface area contributed by atoms with Crippen molar-refractivity contribution in [1.29, 1.82) is 0 Å². The third-order valence-electron chi connectivity index (χ3n) is 14.8. The number of hydrogen-bond acceptors (Lipinski definition) is 1. The molecule has 0 radical (unpaired) electrons. The predicted molar refractivity (Wildman–Crippen MR) is 293 cm³/mol.